The fourth-order valence-corrected chi connectivity index (χ4v) is 2.56. The molecule has 0 aliphatic rings. The lowest BCUT2D eigenvalue weighted by molar-refractivity contribution is -0.137. The molecule has 0 fully saturated rings. The molecule has 1 heterocycles. The predicted octanol–water partition coefficient (Wildman–Crippen LogP) is 6.18. The van der Waals surface area contributed by atoms with Gasteiger partial charge in [0.1, 0.15) is 11.5 Å². The second kappa shape index (κ2) is 6.88. The number of amides is 1. The Morgan fingerprint density at radius 1 is 1.08 bits per heavy atom. The van der Waals surface area contributed by atoms with Crippen molar-refractivity contribution in [2.75, 3.05) is 5.32 Å². The van der Waals surface area contributed by atoms with Crippen LogP contribution in [0.5, 0.6) is 0 Å². The first-order valence-electron chi connectivity index (χ1n) is 7.59. The van der Waals surface area contributed by atoms with Gasteiger partial charge in [0.15, 0.2) is 0 Å². The lowest BCUT2D eigenvalue weighted by Gasteiger charge is -2.09. The van der Waals surface area contributed by atoms with Crippen molar-refractivity contribution < 1.29 is 22.4 Å². The molecule has 0 atom stereocenters. The second-order valence-corrected chi connectivity index (χ2v) is 6.06. The molecule has 3 rings (SSSR count). The SMILES string of the molecule is Cc1oc(-c2ccc(Cl)cc2)cc1C(=O)Nc1cccc(C(F)(F)F)c1. The third kappa shape index (κ3) is 3.91. The molecule has 0 radical (unpaired) electrons. The predicted molar refractivity (Wildman–Crippen MR) is 93.3 cm³/mol. The normalized spacial score (nSPS) is 11.4. The molecule has 0 saturated heterocycles. The largest absolute Gasteiger partial charge is 0.461 e. The van der Waals surface area contributed by atoms with Crippen LogP contribution in [0.25, 0.3) is 11.3 Å². The van der Waals surface area contributed by atoms with Crippen LogP contribution in [0.4, 0.5) is 18.9 Å². The van der Waals surface area contributed by atoms with Gasteiger partial charge in [0, 0.05) is 16.3 Å². The average Bonchev–Trinajstić information content (AvgIpc) is 2.97. The summed E-state index contributed by atoms with van der Waals surface area (Å²) in [6, 6.07) is 12.9. The number of rotatable bonds is 3. The van der Waals surface area contributed by atoms with Gasteiger partial charge in [0.05, 0.1) is 11.1 Å². The third-order valence-corrected chi connectivity index (χ3v) is 3.99. The molecule has 0 saturated carbocycles. The van der Waals surface area contributed by atoms with Crippen molar-refractivity contribution in [2.45, 2.75) is 13.1 Å². The quantitative estimate of drug-likeness (QED) is 0.590. The smallest absolute Gasteiger partial charge is 0.416 e. The summed E-state index contributed by atoms with van der Waals surface area (Å²) in [5.74, 6) is 0.276. The molecule has 26 heavy (non-hydrogen) atoms. The highest BCUT2D eigenvalue weighted by atomic mass is 35.5. The Kier molecular flexibility index (Phi) is 4.78. The molecule has 0 spiro atoms. The molecule has 1 N–H and O–H groups in total. The van der Waals surface area contributed by atoms with Crippen molar-refractivity contribution in [1.82, 2.24) is 0 Å². The Hall–Kier alpha value is -2.73. The molecular weight excluding hydrogens is 367 g/mol. The lowest BCUT2D eigenvalue weighted by atomic mass is 10.1. The third-order valence-electron chi connectivity index (χ3n) is 3.74. The van der Waals surface area contributed by atoms with Crippen LogP contribution >= 0.6 is 11.6 Å². The maximum atomic E-state index is 12.8. The number of furan rings is 1. The Morgan fingerprint density at radius 3 is 2.42 bits per heavy atom. The minimum atomic E-state index is -4.48. The topological polar surface area (TPSA) is 42.2 Å². The first-order valence-corrected chi connectivity index (χ1v) is 7.97. The molecule has 0 aliphatic heterocycles. The standard InChI is InChI=1S/C19H13ClF3NO2/c1-11-16(10-17(26-11)12-5-7-14(20)8-6-12)18(25)24-15-4-2-3-13(9-15)19(21,22)23/h2-10H,1H3,(H,24,25). The summed E-state index contributed by atoms with van der Waals surface area (Å²) < 4.78 is 43.9. The van der Waals surface area contributed by atoms with Crippen molar-refractivity contribution in [1.29, 1.82) is 0 Å². The first kappa shape index (κ1) is 18.1. The van der Waals surface area contributed by atoms with Crippen LogP contribution in [-0.2, 0) is 6.18 Å². The lowest BCUT2D eigenvalue weighted by Crippen LogP contribution is -2.13. The monoisotopic (exact) mass is 379 g/mol. The molecule has 1 aromatic heterocycles. The van der Waals surface area contributed by atoms with Gasteiger partial charge in [-0.2, -0.15) is 13.2 Å². The van der Waals surface area contributed by atoms with Crippen molar-refractivity contribution >= 4 is 23.2 Å². The van der Waals surface area contributed by atoms with Crippen molar-refractivity contribution in [3.05, 3.63) is 76.5 Å². The summed E-state index contributed by atoms with van der Waals surface area (Å²) in [6.45, 7) is 1.61. The van der Waals surface area contributed by atoms with Gasteiger partial charge in [0.2, 0.25) is 0 Å². The molecule has 3 nitrogen and oxygen atoms in total. The molecule has 134 valence electrons. The van der Waals surface area contributed by atoms with E-state index in [1.54, 1.807) is 37.3 Å². The van der Waals surface area contributed by atoms with Crippen LogP contribution < -0.4 is 5.32 Å². The van der Waals surface area contributed by atoms with Crippen molar-refractivity contribution in [3.63, 3.8) is 0 Å². The van der Waals surface area contributed by atoms with Gasteiger partial charge < -0.3 is 9.73 Å². The number of halogens is 4. The fraction of sp³-hybridized carbons (Fsp3) is 0.105. The second-order valence-electron chi connectivity index (χ2n) is 5.62. The zero-order valence-corrected chi connectivity index (χ0v) is 14.3. The number of benzene rings is 2. The molecule has 0 aliphatic carbocycles. The minimum absolute atomic E-state index is 0.0541. The fourth-order valence-electron chi connectivity index (χ4n) is 2.44. The summed E-state index contributed by atoms with van der Waals surface area (Å²) in [5, 5.41) is 3.03. The summed E-state index contributed by atoms with van der Waals surface area (Å²) in [6.07, 6.45) is -4.48. The van der Waals surface area contributed by atoms with Crippen LogP contribution in [0, 0.1) is 6.92 Å². The summed E-state index contributed by atoms with van der Waals surface area (Å²) in [5.41, 5.74) is 0.197. The van der Waals surface area contributed by atoms with Gasteiger partial charge in [-0.3, -0.25) is 4.79 Å². The van der Waals surface area contributed by atoms with Crippen molar-refractivity contribution in [3.8, 4) is 11.3 Å². The molecule has 0 unspecified atom stereocenters. The maximum Gasteiger partial charge on any atom is 0.416 e. The zero-order chi connectivity index (χ0) is 18.9. The highest BCUT2D eigenvalue weighted by molar-refractivity contribution is 6.30. The molecule has 7 heteroatoms. The summed E-state index contributed by atoms with van der Waals surface area (Å²) in [4.78, 5) is 12.4. The zero-order valence-electron chi connectivity index (χ0n) is 13.5. The number of anilines is 1. The Morgan fingerprint density at radius 2 is 1.77 bits per heavy atom. The Labute approximate surface area is 152 Å². The van der Waals surface area contributed by atoms with Crippen LogP contribution in [0.2, 0.25) is 5.02 Å². The first-order chi connectivity index (χ1) is 12.2. The summed E-state index contributed by atoms with van der Waals surface area (Å²) in [7, 11) is 0. The van der Waals surface area contributed by atoms with Crippen LogP contribution in [0.3, 0.4) is 0 Å². The van der Waals surface area contributed by atoms with E-state index < -0.39 is 17.6 Å². The Bertz CT molecular complexity index is 946. The van der Waals surface area contributed by atoms with E-state index in [0.29, 0.717) is 16.5 Å². The van der Waals surface area contributed by atoms with Crippen LogP contribution in [-0.4, -0.2) is 5.91 Å². The van der Waals surface area contributed by atoms with E-state index in [-0.39, 0.29) is 11.3 Å². The van der Waals surface area contributed by atoms with E-state index in [0.717, 1.165) is 17.7 Å². The van der Waals surface area contributed by atoms with Gasteiger partial charge in [-0.15, -0.1) is 0 Å². The summed E-state index contributed by atoms with van der Waals surface area (Å²) >= 11 is 5.85. The Balaban J connectivity index is 1.84. The number of nitrogens with one attached hydrogen (secondary N) is 1. The molecule has 0 bridgehead atoms. The number of carbonyl (C=O) groups excluding carboxylic acids is 1. The highest BCUT2D eigenvalue weighted by Gasteiger charge is 2.30. The van der Waals surface area contributed by atoms with E-state index in [2.05, 4.69) is 5.32 Å². The van der Waals surface area contributed by atoms with E-state index >= 15 is 0 Å². The molecular formula is C19H13ClF3NO2. The van der Waals surface area contributed by atoms with Gasteiger partial charge in [-0.05, 0) is 55.5 Å². The van der Waals surface area contributed by atoms with E-state index in [1.807, 2.05) is 0 Å². The van der Waals surface area contributed by atoms with Crippen LogP contribution in [0.1, 0.15) is 21.7 Å². The van der Waals surface area contributed by atoms with Gasteiger partial charge in [-0.25, -0.2) is 0 Å². The number of hydrogen-bond donors (Lipinski definition) is 1. The van der Waals surface area contributed by atoms with E-state index in [1.165, 1.54) is 12.1 Å². The van der Waals surface area contributed by atoms with Gasteiger partial charge in [0.25, 0.3) is 5.91 Å². The van der Waals surface area contributed by atoms with Crippen LogP contribution in [0.15, 0.2) is 59.0 Å². The molecule has 2 aromatic carbocycles. The minimum Gasteiger partial charge on any atom is -0.461 e. The number of hydrogen-bond acceptors (Lipinski definition) is 2. The van der Waals surface area contributed by atoms with E-state index in [9.17, 15) is 18.0 Å². The highest BCUT2D eigenvalue weighted by Crippen LogP contribution is 2.31. The molecule has 1 amide bonds. The number of alkyl halides is 3. The number of carbonyl (C=O) groups is 1. The van der Waals surface area contributed by atoms with Gasteiger partial charge in [-0.1, -0.05) is 17.7 Å². The maximum absolute atomic E-state index is 12.8. The number of aryl methyl sites for hydroxylation is 1. The van der Waals surface area contributed by atoms with Gasteiger partial charge >= 0.3 is 6.18 Å². The van der Waals surface area contributed by atoms with E-state index in [4.69, 9.17) is 16.0 Å². The average molecular weight is 380 g/mol. The molecule has 3 aromatic rings. The van der Waals surface area contributed by atoms with Crippen molar-refractivity contribution in [2.24, 2.45) is 0 Å².